The zero-order chi connectivity index (χ0) is 10.1. The summed E-state index contributed by atoms with van der Waals surface area (Å²) >= 11 is 3.25. The number of hydrogen-bond acceptors (Lipinski definition) is 3. The highest BCUT2D eigenvalue weighted by atomic mass is 79.9. The first-order valence-corrected chi connectivity index (χ1v) is 4.70. The lowest BCUT2D eigenvalue weighted by atomic mass is 10.2. The third kappa shape index (κ3) is 1.32. The molecule has 0 fully saturated rings. The summed E-state index contributed by atoms with van der Waals surface area (Å²) in [5.41, 5.74) is 1.06. The summed E-state index contributed by atoms with van der Waals surface area (Å²) in [4.78, 5) is 4.09. The molecule has 0 atom stereocenters. The molecule has 68 valence electrons. The highest BCUT2D eigenvalue weighted by Gasteiger charge is 2.05. The topological polar surface area (TPSA) is 56.9 Å². The van der Waals surface area contributed by atoms with Crippen molar-refractivity contribution in [2.24, 2.45) is 0 Å². The number of fused-ring (bicyclic) bond motifs is 1. The van der Waals surface area contributed by atoms with Crippen LogP contribution in [0, 0.1) is 11.3 Å². The van der Waals surface area contributed by atoms with Crippen LogP contribution in [0.5, 0.6) is 5.75 Å². The molecule has 0 aliphatic heterocycles. The molecule has 1 aromatic heterocycles. The lowest BCUT2D eigenvalue weighted by Gasteiger charge is -2.01. The van der Waals surface area contributed by atoms with E-state index in [1.165, 1.54) is 0 Å². The number of halogens is 1. The molecule has 0 bridgehead atoms. The Labute approximate surface area is 88.8 Å². The first kappa shape index (κ1) is 8.97. The summed E-state index contributed by atoms with van der Waals surface area (Å²) in [6.07, 6.45) is 0. The molecule has 0 radical (unpaired) electrons. The molecule has 0 amide bonds. The number of nitrogens with zero attached hydrogens (tertiary/aromatic N) is 2. The molecule has 0 aliphatic carbocycles. The quantitative estimate of drug-likeness (QED) is 0.780. The second kappa shape index (κ2) is 3.28. The second-order valence-electron chi connectivity index (χ2n) is 2.77. The summed E-state index contributed by atoms with van der Waals surface area (Å²) in [6, 6.07) is 8.56. The molecule has 2 rings (SSSR count). The fourth-order valence-electron chi connectivity index (χ4n) is 1.22. The standard InChI is InChI=1S/C10H5BrN2O/c11-10-7-2-1-6(5-12)13-8(7)3-4-9(10)14/h1-4,14H. The molecular weight excluding hydrogens is 244 g/mol. The van der Waals surface area contributed by atoms with Crippen LogP contribution in [0.25, 0.3) is 10.9 Å². The monoisotopic (exact) mass is 248 g/mol. The molecule has 3 nitrogen and oxygen atoms in total. The maximum atomic E-state index is 9.40. The van der Waals surface area contributed by atoms with Crippen molar-refractivity contribution in [3.05, 3.63) is 34.4 Å². The number of nitriles is 1. The predicted octanol–water partition coefficient (Wildman–Crippen LogP) is 2.57. The van der Waals surface area contributed by atoms with Gasteiger partial charge in [-0.1, -0.05) is 0 Å². The minimum Gasteiger partial charge on any atom is -0.507 e. The molecule has 1 heterocycles. The SMILES string of the molecule is N#Cc1ccc2c(Br)c(O)ccc2n1. The Morgan fingerprint density at radius 3 is 2.79 bits per heavy atom. The van der Waals surface area contributed by atoms with E-state index in [-0.39, 0.29) is 5.75 Å². The Morgan fingerprint density at radius 2 is 2.07 bits per heavy atom. The molecule has 1 N–H and O–H groups in total. The van der Waals surface area contributed by atoms with Gasteiger partial charge >= 0.3 is 0 Å². The van der Waals surface area contributed by atoms with Gasteiger partial charge in [0.1, 0.15) is 17.5 Å². The third-order valence-electron chi connectivity index (χ3n) is 1.90. The number of benzene rings is 1. The van der Waals surface area contributed by atoms with Gasteiger partial charge in [-0.15, -0.1) is 0 Å². The minimum absolute atomic E-state index is 0.170. The summed E-state index contributed by atoms with van der Waals surface area (Å²) < 4.78 is 0.604. The van der Waals surface area contributed by atoms with Crippen LogP contribution in [0.2, 0.25) is 0 Å². The van der Waals surface area contributed by atoms with E-state index in [1.807, 2.05) is 6.07 Å². The van der Waals surface area contributed by atoms with Gasteiger partial charge in [-0.3, -0.25) is 0 Å². The van der Waals surface area contributed by atoms with Crippen molar-refractivity contribution in [2.75, 3.05) is 0 Å². The fraction of sp³-hybridized carbons (Fsp3) is 0. The van der Waals surface area contributed by atoms with E-state index in [9.17, 15) is 5.11 Å². The van der Waals surface area contributed by atoms with E-state index >= 15 is 0 Å². The Hall–Kier alpha value is -1.60. The zero-order valence-electron chi connectivity index (χ0n) is 7.03. The van der Waals surface area contributed by atoms with Crippen molar-refractivity contribution in [1.29, 1.82) is 5.26 Å². The van der Waals surface area contributed by atoms with Crippen LogP contribution in [-0.2, 0) is 0 Å². The summed E-state index contributed by atoms with van der Waals surface area (Å²) in [7, 11) is 0. The van der Waals surface area contributed by atoms with Crippen LogP contribution in [0.15, 0.2) is 28.7 Å². The van der Waals surface area contributed by atoms with Gasteiger partial charge in [0, 0.05) is 5.39 Å². The normalized spacial score (nSPS) is 10.0. The largest absolute Gasteiger partial charge is 0.507 e. The van der Waals surface area contributed by atoms with Crippen molar-refractivity contribution in [1.82, 2.24) is 4.98 Å². The van der Waals surface area contributed by atoms with E-state index in [2.05, 4.69) is 20.9 Å². The molecule has 2 aromatic rings. The van der Waals surface area contributed by atoms with Gasteiger partial charge < -0.3 is 5.11 Å². The third-order valence-corrected chi connectivity index (χ3v) is 2.73. The van der Waals surface area contributed by atoms with Crippen LogP contribution >= 0.6 is 15.9 Å². The first-order valence-electron chi connectivity index (χ1n) is 3.90. The van der Waals surface area contributed by atoms with Crippen LogP contribution < -0.4 is 0 Å². The van der Waals surface area contributed by atoms with Crippen molar-refractivity contribution in [3.8, 4) is 11.8 Å². The van der Waals surface area contributed by atoms with Crippen LogP contribution in [0.1, 0.15) is 5.69 Å². The van der Waals surface area contributed by atoms with Gasteiger partial charge in [-0.25, -0.2) is 4.98 Å². The van der Waals surface area contributed by atoms with Gasteiger partial charge in [0.25, 0.3) is 0 Å². The van der Waals surface area contributed by atoms with Crippen molar-refractivity contribution in [2.45, 2.75) is 0 Å². The molecule has 1 aromatic carbocycles. The van der Waals surface area contributed by atoms with Gasteiger partial charge in [-0.05, 0) is 40.2 Å². The molecule has 0 saturated heterocycles. The molecule has 0 spiro atoms. The number of hydrogen-bond donors (Lipinski definition) is 1. The summed E-state index contributed by atoms with van der Waals surface area (Å²) in [5.74, 6) is 0.170. The average Bonchev–Trinajstić information content (AvgIpc) is 2.23. The number of phenols is 1. The van der Waals surface area contributed by atoms with Gasteiger partial charge in [0.05, 0.1) is 9.99 Å². The van der Waals surface area contributed by atoms with Crippen LogP contribution in [0.4, 0.5) is 0 Å². The molecule has 0 aliphatic rings. The highest BCUT2D eigenvalue weighted by Crippen LogP contribution is 2.31. The molecule has 0 saturated carbocycles. The zero-order valence-corrected chi connectivity index (χ0v) is 8.62. The second-order valence-corrected chi connectivity index (χ2v) is 3.57. The molecule has 4 heteroatoms. The number of phenolic OH excluding ortho intramolecular Hbond substituents is 1. The predicted molar refractivity (Wildman–Crippen MR) is 55.8 cm³/mol. The van der Waals surface area contributed by atoms with Gasteiger partial charge in [0.2, 0.25) is 0 Å². The lowest BCUT2D eigenvalue weighted by Crippen LogP contribution is -1.84. The number of pyridine rings is 1. The van der Waals surface area contributed by atoms with E-state index in [4.69, 9.17) is 5.26 Å². The fourth-order valence-corrected chi connectivity index (χ4v) is 1.69. The summed E-state index contributed by atoms with van der Waals surface area (Å²) in [5, 5.41) is 18.8. The van der Waals surface area contributed by atoms with Crippen molar-refractivity contribution in [3.63, 3.8) is 0 Å². The Morgan fingerprint density at radius 1 is 1.29 bits per heavy atom. The first-order chi connectivity index (χ1) is 6.72. The van der Waals surface area contributed by atoms with E-state index < -0.39 is 0 Å². The maximum absolute atomic E-state index is 9.40. The van der Waals surface area contributed by atoms with Crippen LogP contribution in [-0.4, -0.2) is 10.1 Å². The summed E-state index contributed by atoms with van der Waals surface area (Å²) in [6.45, 7) is 0. The number of aromatic hydroxyl groups is 1. The maximum Gasteiger partial charge on any atom is 0.141 e. The van der Waals surface area contributed by atoms with Gasteiger partial charge in [-0.2, -0.15) is 5.26 Å². The highest BCUT2D eigenvalue weighted by molar-refractivity contribution is 9.10. The number of aromatic nitrogens is 1. The molecule has 14 heavy (non-hydrogen) atoms. The van der Waals surface area contributed by atoms with Crippen molar-refractivity contribution >= 4 is 26.8 Å². The number of rotatable bonds is 0. The van der Waals surface area contributed by atoms with Gasteiger partial charge in [0.15, 0.2) is 0 Å². The van der Waals surface area contributed by atoms with E-state index in [0.29, 0.717) is 15.7 Å². The van der Waals surface area contributed by atoms with E-state index in [1.54, 1.807) is 24.3 Å². The Kier molecular flexibility index (Phi) is 2.10. The molecular formula is C10H5BrN2O. The molecule has 0 unspecified atom stereocenters. The smallest absolute Gasteiger partial charge is 0.141 e. The average molecular weight is 249 g/mol. The van der Waals surface area contributed by atoms with E-state index in [0.717, 1.165) is 5.39 Å². The minimum atomic E-state index is 0.170. The Bertz CT molecular complexity index is 546. The Balaban J connectivity index is 2.83. The van der Waals surface area contributed by atoms with Crippen molar-refractivity contribution < 1.29 is 5.11 Å². The lowest BCUT2D eigenvalue weighted by molar-refractivity contribution is 0.473. The van der Waals surface area contributed by atoms with Crippen LogP contribution in [0.3, 0.4) is 0 Å².